The third-order valence-electron chi connectivity index (χ3n) is 11.7. The maximum Gasteiger partial charge on any atom is 0.416 e. The Morgan fingerprint density at radius 2 is 0.846 bits per heavy atom. The Morgan fingerprint density at radius 1 is 0.538 bits per heavy atom. The van der Waals surface area contributed by atoms with Crippen molar-refractivity contribution in [3.8, 4) is 0 Å². The summed E-state index contributed by atoms with van der Waals surface area (Å²) in [5.74, 6) is -2.93. The Kier molecular flexibility index (Phi) is 16.3. The van der Waals surface area contributed by atoms with E-state index in [9.17, 15) is 71.1 Å². The van der Waals surface area contributed by atoms with Crippen LogP contribution in [-0.2, 0) is 43.8 Å². The minimum Gasteiger partial charge on any atom is -0.370 e. The molecule has 2 unspecified atom stereocenters. The second-order valence-electron chi connectivity index (χ2n) is 16.0. The van der Waals surface area contributed by atoms with Crippen molar-refractivity contribution in [2.45, 2.75) is 107 Å². The second-order valence-corrected chi connectivity index (χ2v) is 16.8. The van der Waals surface area contributed by atoms with Crippen LogP contribution in [-0.4, -0.2) is 28.2 Å². The van der Waals surface area contributed by atoms with Crippen molar-refractivity contribution in [1.29, 1.82) is 0 Å². The summed E-state index contributed by atoms with van der Waals surface area (Å²) in [4.78, 5) is 24.6. The van der Waals surface area contributed by atoms with E-state index >= 15 is 0 Å². The number of Topliss-reactive ketones (excluding diaryl/α,β-unsaturated/α-hetero) is 2. The third-order valence-corrected chi connectivity index (χ3v) is 12.4. The number of carbonyl (C=O) groups is 2. The summed E-state index contributed by atoms with van der Waals surface area (Å²) in [7, 11) is 0. The molecule has 0 heterocycles. The molecule has 65 heavy (non-hydrogen) atoms. The van der Waals surface area contributed by atoms with E-state index in [4.69, 9.17) is 9.47 Å². The molecule has 0 bridgehead atoms. The molecule has 0 radical (unpaired) electrons. The topological polar surface area (TPSA) is 52.6 Å². The predicted octanol–water partition coefficient (Wildman–Crippen LogP) is 14.6. The van der Waals surface area contributed by atoms with Crippen LogP contribution in [0.15, 0.2) is 84.9 Å². The molecule has 0 amide bonds. The average Bonchev–Trinajstić information content (AvgIpc) is 3.84. The summed E-state index contributed by atoms with van der Waals surface area (Å²) in [5, 5.41) is 0. The first-order chi connectivity index (χ1) is 30.1. The molecule has 354 valence electrons. The number of hydrogen-bond donors (Lipinski definition) is 0. The molecule has 0 aromatic heterocycles. The molecule has 6 rings (SSSR count). The van der Waals surface area contributed by atoms with Gasteiger partial charge in [0, 0.05) is 23.7 Å². The minimum atomic E-state index is -4.96. The zero-order valence-electron chi connectivity index (χ0n) is 34.5. The van der Waals surface area contributed by atoms with Gasteiger partial charge in [-0.05, 0) is 129 Å². The number of hydrogen-bond acceptors (Lipinski definition) is 4. The monoisotopic (exact) mass is 1050 g/mol. The van der Waals surface area contributed by atoms with Gasteiger partial charge in [0.15, 0.2) is 0 Å². The van der Waals surface area contributed by atoms with Crippen LogP contribution in [0.2, 0.25) is 0 Å². The fraction of sp³-hybridized carbons (Fsp3) is 0.435. The Morgan fingerprint density at radius 3 is 1.14 bits per heavy atom. The minimum absolute atomic E-state index is 0.0397. The van der Waals surface area contributed by atoms with E-state index in [-0.39, 0.29) is 39.3 Å². The molecule has 0 spiro atoms. The highest BCUT2D eigenvalue weighted by atomic mass is 127. The molecule has 8 atom stereocenters. The number of benzene rings is 4. The van der Waals surface area contributed by atoms with Gasteiger partial charge in [0.1, 0.15) is 23.2 Å². The van der Waals surface area contributed by atoms with Crippen LogP contribution in [0.1, 0.15) is 115 Å². The second kappa shape index (κ2) is 20.4. The Hall–Kier alpha value is -4.11. The van der Waals surface area contributed by atoms with Gasteiger partial charge in [0.05, 0.1) is 51.1 Å². The molecule has 0 aliphatic heterocycles. The van der Waals surface area contributed by atoms with Crippen molar-refractivity contribution in [3.05, 3.63) is 141 Å². The Balaban J connectivity index is 0.000000244. The lowest BCUT2D eigenvalue weighted by Crippen LogP contribution is -2.27. The summed E-state index contributed by atoms with van der Waals surface area (Å²) >= 11 is 1.94. The highest BCUT2D eigenvalue weighted by Crippen LogP contribution is 2.47. The summed E-state index contributed by atoms with van der Waals surface area (Å²) < 4.78 is 197. The van der Waals surface area contributed by atoms with Crippen molar-refractivity contribution >= 4 is 34.2 Å². The van der Waals surface area contributed by atoms with E-state index in [0.717, 1.165) is 0 Å². The molecule has 0 N–H and O–H groups in total. The van der Waals surface area contributed by atoms with Crippen molar-refractivity contribution in [1.82, 2.24) is 0 Å². The summed E-state index contributed by atoms with van der Waals surface area (Å²) in [6, 6.07) is 13.7. The molecule has 19 heteroatoms. The molecule has 2 aliphatic rings. The smallest absolute Gasteiger partial charge is 0.370 e. The van der Waals surface area contributed by atoms with Gasteiger partial charge < -0.3 is 9.47 Å². The molecule has 0 saturated heterocycles. The molecule has 4 nitrogen and oxygen atoms in total. The van der Waals surface area contributed by atoms with Crippen LogP contribution < -0.4 is 0 Å². The van der Waals surface area contributed by atoms with Gasteiger partial charge in [-0.1, -0.05) is 46.9 Å². The van der Waals surface area contributed by atoms with Gasteiger partial charge in [0.2, 0.25) is 0 Å². The lowest BCUT2D eigenvalue weighted by Gasteiger charge is -2.28. The number of ketones is 2. The number of alkyl halides is 13. The molecule has 4 aromatic carbocycles. The molecule has 4 aromatic rings. The Labute approximate surface area is 378 Å². The van der Waals surface area contributed by atoms with Crippen LogP contribution >= 0.6 is 22.6 Å². The predicted molar refractivity (Wildman–Crippen MR) is 218 cm³/mol. The number of rotatable bonds is 11. The van der Waals surface area contributed by atoms with E-state index in [0.29, 0.717) is 61.1 Å². The molecular weight excluding hydrogens is 1010 g/mol. The van der Waals surface area contributed by atoms with Gasteiger partial charge in [-0.25, -0.2) is 8.78 Å². The summed E-state index contributed by atoms with van der Waals surface area (Å²) in [5.41, 5.74) is -4.93. The number of halogens is 15. The van der Waals surface area contributed by atoms with Crippen LogP contribution in [0.5, 0.6) is 0 Å². The molecule has 2 saturated carbocycles. The third kappa shape index (κ3) is 13.1. The fourth-order valence-electron chi connectivity index (χ4n) is 8.52. The van der Waals surface area contributed by atoms with E-state index in [1.165, 1.54) is 69.3 Å². The SMILES string of the molecule is CC(=O)[C@@H]1CCC(O[C@H](C)c2cc(C(F)(F)F)cc(C(F)(F)F)c2)[C@H]1c1ccc(F)cc1.C[C@@H](OC1CC[C@@H](C(=O)CI)[C@@H]1c1ccc(F)cc1)c1cc(C(F)(F)F)cc(C(F)(F)F)c1. The van der Waals surface area contributed by atoms with Crippen molar-refractivity contribution in [3.63, 3.8) is 0 Å². The maximum atomic E-state index is 13.4. The van der Waals surface area contributed by atoms with Crippen LogP contribution in [0.4, 0.5) is 61.5 Å². The van der Waals surface area contributed by atoms with Crippen LogP contribution in [0.25, 0.3) is 0 Å². The van der Waals surface area contributed by atoms with Crippen LogP contribution in [0.3, 0.4) is 0 Å². The number of carbonyl (C=O) groups excluding carboxylic acids is 2. The van der Waals surface area contributed by atoms with Crippen molar-refractivity contribution in [2.24, 2.45) is 11.8 Å². The molecule has 2 aliphatic carbocycles. The molecule has 2 fully saturated rings. The standard InChI is InChI=1S/C23H20F7IO2.C23H21F7O2/c1-12(14-8-15(22(25,26)27)10-16(9-14)23(28,29)30)33-20-7-6-18(19(32)11-31)21(20)13-2-4-17(24)5-3-13;1-12(31)19-7-8-20(21(19)14-3-5-18(24)6-4-14)32-13(2)15-9-16(22(25,26)27)11-17(10-15)23(28,29)30/h2-5,8-10,12,18,20-21H,6-7,11H2,1H3;3-6,9-11,13,19-21H,7-8H2,1-2H3/t12-,18+,20?,21+;13-,19+,20?,21+/m11/s1. The quantitative estimate of drug-likeness (QED) is 0.0853. The lowest BCUT2D eigenvalue weighted by atomic mass is 9.85. The van der Waals surface area contributed by atoms with E-state index in [2.05, 4.69) is 0 Å². The zero-order valence-corrected chi connectivity index (χ0v) is 36.7. The largest absolute Gasteiger partial charge is 0.416 e. The highest BCUT2D eigenvalue weighted by Gasteiger charge is 2.44. The van der Waals surface area contributed by atoms with Crippen LogP contribution in [0, 0.1) is 23.5 Å². The number of ether oxygens (including phenoxy) is 2. The van der Waals surface area contributed by atoms with E-state index < -0.39 is 107 Å². The maximum absolute atomic E-state index is 13.4. The van der Waals surface area contributed by atoms with Gasteiger partial charge >= 0.3 is 24.7 Å². The fourth-order valence-corrected chi connectivity index (χ4v) is 9.08. The van der Waals surface area contributed by atoms with Gasteiger partial charge in [-0.3, -0.25) is 9.59 Å². The van der Waals surface area contributed by atoms with Crippen molar-refractivity contribution < 1.29 is 80.5 Å². The lowest BCUT2D eigenvalue weighted by molar-refractivity contribution is -0.145. The van der Waals surface area contributed by atoms with E-state index in [1.807, 2.05) is 22.6 Å². The summed E-state index contributed by atoms with van der Waals surface area (Å²) in [6.45, 7) is 4.17. The van der Waals surface area contributed by atoms with Gasteiger partial charge in [0.25, 0.3) is 0 Å². The van der Waals surface area contributed by atoms with Crippen molar-refractivity contribution in [2.75, 3.05) is 4.43 Å². The first kappa shape index (κ1) is 51.9. The first-order valence-corrected chi connectivity index (χ1v) is 21.6. The highest BCUT2D eigenvalue weighted by molar-refractivity contribution is 14.1. The normalized spacial score (nSPS) is 22.6. The van der Waals surface area contributed by atoms with Gasteiger partial charge in [-0.2, -0.15) is 52.7 Å². The Bertz CT molecular complexity index is 2210. The first-order valence-electron chi connectivity index (χ1n) is 20.1. The average molecular weight is 1050 g/mol. The van der Waals surface area contributed by atoms with E-state index in [1.54, 1.807) is 0 Å². The zero-order chi connectivity index (χ0) is 48.4. The van der Waals surface area contributed by atoms with Gasteiger partial charge in [-0.15, -0.1) is 0 Å². The molecular formula is C46H41F14IO4. The summed E-state index contributed by atoms with van der Waals surface area (Å²) in [6.07, 6.45) is -21.6.